The second-order valence-corrected chi connectivity index (χ2v) is 8.38. The molecule has 5 nitrogen and oxygen atoms in total. The summed E-state index contributed by atoms with van der Waals surface area (Å²) in [6.45, 7) is 1.66. The van der Waals surface area contributed by atoms with Gasteiger partial charge >= 0.3 is 5.97 Å². The Morgan fingerprint density at radius 2 is 1.76 bits per heavy atom. The van der Waals surface area contributed by atoms with E-state index in [0.717, 1.165) is 79.9 Å². The molecule has 0 saturated heterocycles. The molecular formula is C24H30N2O3. The molecule has 1 atom stereocenters. The van der Waals surface area contributed by atoms with Crippen molar-refractivity contribution in [2.45, 2.75) is 83.3 Å². The number of ether oxygens (including phenoxy) is 1. The number of aryl methyl sites for hydroxylation is 1. The van der Waals surface area contributed by atoms with Crippen LogP contribution in [0, 0.1) is 0 Å². The fourth-order valence-electron chi connectivity index (χ4n) is 4.62. The van der Waals surface area contributed by atoms with Gasteiger partial charge in [0, 0.05) is 17.1 Å². The number of pyridine rings is 1. The van der Waals surface area contributed by atoms with E-state index in [1.807, 2.05) is 24.3 Å². The molecule has 1 fully saturated rings. The number of rotatable bonds is 4. The predicted molar refractivity (Wildman–Crippen MR) is 113 cm³/mol. The maximum Gasteiger partial charge on any atom is 0.339 e. The molecule has 1 N–H and O–H groups in total. The molecule has 2 aliphatic carbocycles. The summed E-state index contributed by atoms with van der Waals surface area (Å²) in [5.41, 5.74) is 3.43. The van der Waals surface area contributed by atoms with Gasteiger partial charge in [-0.2, -0.15) is 0 Å². The largest absolute Gasteiger partial charge is 0.449 e. The van der Waals surface area contributed by atoms with Crippen LogP contribution in [0.25, 0.3) is 10.9 Å². The number of amides is 1. The van der Waals surface area contributed by atoms with Crippen molar-refractivity contribution in [1.29, 1.82) is 0 Å². The fourth-order valence-corrected chi connectivity index (χ4v) is 4.62. The summed E-state index contributed by atoms with van der Waals surface area (Å²) >= 11 is 0. The van der Waals surface area contributed by atoms with E-state index in [1.165, 1.54) is 6.42 Å². The summed E-state index contributed by atoms with van der Waals surface area (Å²) in [6.07, 6.45) is 9.74. The molecule has 1 amide bonds. The maximum atomic E-state index is 13.2. The molecule has 0 spiro atoms. The van der Waals surface area contributed by atoms with Crippen LogP contribution in [0.1, 0.15) is 79.9 Å². The van der Waals surface area contributed by atoms with Gasteiger partial charge in [-0.1, -0.05) is 43.9 Å². The Kier molecular flexibility index (Phi) is 6.12. The van der Waals surface area contributed by atoms with Crippen LogP contribution in [0.3, 0.4) is 0 Å². The van der Waals surface area contributed by atoms with Crippen molar-refractivity contribution >= 4 is 22.8 Å². The number of carbonyl (C=O) groups is 2. The lowest BCUT2D eigenvalue weighted by atomic mass is 9.95. The van der Waals surface area contributed by atoms with E-state index in [9.17, 15) is 9.59 Å². The summed E-state index contributed by atoms with van der Waals surface area (Å²) in [4.78, 5) is 30.6. The lowest BCUT2D eigenvalue weighted by Gasteiger charge is -2.24. The second-order valence-electron chi connectivity index (χ2n) is 8.38. The van der Waals surface area contributed by atoms with Gasteiger partial charge in [0.2, 0.25) is 0 Å². The fraction of sp³-hybridized carbons (Fsp3) is 0.542. The molecule has 1 saturated carbocycles. The average Bonchev–Trinajstić information content (AvgIpc) is 2.97. The first kappa shape index (κ1) is 19.9. The first-order valence-corrected chi connectivity index (χ1v) is 11.1. The molecular weight excluding hydrogens is 364 g/mol. The Bertz CT molecular complexity index is 902. The lowest BCUT2D eigenvalue weighted by Crippen LogP contribution is -2.42. The second kappa shape index (κ2) is 8.93. The van der Waals surface area contributed by atoms with E-state index in [0.29, 0.717) is 5.56 Å². The van der Waals surface area contributed by atoms with Crippen LogP contribution in [0.4, 0.5) is 0 Å². The highest BCUT2D eigenvalue weighted by atomic mass is 16.5. The number of carbonyl (C=O) groups excluding carboxylic acids is 2. The molecule has 0 aliphatic heterocycles. The van der Waals surface area contributed by atoms with E-state index in [4.69, 9.17) is 9.72 Å². The summed E-state index contributed by atoms with van der Waals surface area (Å²) in [5, 5.41) is 3.87. The molecule has 4 rings (SSSR count). The summed E-state index contributed by atoms with van der Waals surface area (Å²) in [5.74, 6) is -0.609. The summed E-state index contributed by atoms with van der Waals surface area (Å²) in [6, 6.07) is 7.93. The van der Waals surface area contributed by atoms with E-state index < -0.39 is 12.1 Å². The smallest absolute Gasteiger partial charge is 0.339 e. The minimum absolute atomic E-state index is 0.199. The highest BCUT2D eigenvalue weighted by Gasteiger charge is 2.27. The minimum Gasteiger partial charge on any atom is -0.449 e. The third-order valence-corrected chi connectivity index (χ3v) is 6.23. The number of hydrogen-bond acceptors (Lipinski definition) is 4. The normalized spacial score (nSPS) is 18.5. The minimum atomic E-state index is -0.808. The van der Waals surface area contributed by atoms with Gasteiger partial charge in [-0.25, -0.2) is 4.79 Å². The van der Waals surface area contributed by atoms with Gasteiger partial charge in [-0.15, -0.1) is 0 Å². The van der Waals surface area contributed by atoms with Crippen LogP contribution in [0.2, 0.25) is 0 Å². The summed E-state index contributed by atoms with van der Waals surface area (Å²) < 4.78 is 5.68. The number of esters is 1. The zero-order chi connectivity index (χ0) is 20.2. The maximum absolute atomic E-state index is 13.2. The highest BCUT2D eigenvalue weighted by Crippen LogP contribution is 2.29. The van der Waals surface area contributed by atoms with Crippen molar-refractivity contribution in [2.75, 3.05) is 0 Å². The molecule has 154 valence electrons. The van der Waals surface area contributed by atoms with Gasteiger partial charge in [0.25, 0.3) is 5.91 Å². The third kappa shape index (κ3) is 4.44. The molecule has 1 aromatic heterocycles. The number of aromatic nitrogens is 1. The van der Waals surface area contributed by atoms with Gasteiger partial charge < -0.3 is 10.1 Å². The number of para-hydroxylation sites is 1. The standard InChI is InChI=1S/C24H30N2O3/c1-16(23(27)25-17-10-4-2-5-11-17)29-24(28)22-18-12-6-3-7-14-20(18)26-21-15-9-8-13-19(21)22/h8-9,13,15-17H,2-7,10-12,14H2,1H3,(H,25,27)/t16-/m0/s1. The molecule has 1 heterocycles. The van der Waals surface area contributed by atoms with E-state index >= 15 is 0 Å². The van der Waals surface area contributed by atoms with Gasteiger partial charge in [0.05, 0.1) is 11.1 Å². The highest BCUT2D eigenvalue weighted by molar-refractivity contribution is 6.05. The molecule has 5 heteroatoms. The van der Waals surface area contributed by atoms with Crippen LogP contribution < -0.4 is 5.32 Å². The van der Waals surface area contributed by atoms with Crippen molar-refractivity contribution < 1.29 is 14.3 Å². The Labute approximate surface area is 172 Å². The van der Waals surface area contributed by atoms with E-state index in [1.54, 1.807) is 6.92 Å². The predicted octanol–water partition coefficient (Wildman–Crippen LogP) is 4.50. The van der Waals surface area contributed by atoms with E-state index in [2.05, 4.69) is 5.32 Å². The molecule has 1 aromatic carbocycles. The number of fused-ring (bicyclic) bond motifs is 2. The van der Waals surface area contributed by atoms with Gasteiger partial charge in [0.1, 0.15) is 0 Å². The van der Waals surface area contributed by atoms with Crippen molar-refractivity contribution in [3.8, 4) is 0 Å². The van der Waals surface area contributed by atoms with Crippen LogP contribution in [-0.4, -0.2) is 29.0 Å². The number of benzene rings is 1. The van der Waals surface area contributed by atoms with Gasteiger partial charge in [-0.05, 0) is 57.1 Å². The quantitative estimate of drug-likeness (QED) is 0.612. The zero-order valence-corrected chi connectivity index (χ0v) is 17.2. The van der Waals surface area contributed by atoms with Crippen LogP contribution >= 0.6 is 0 Å². The Morgan fingerprint density at radius 3 is 2.59 bits per heavy atom. The zero-order valence-electron chi connectivity index (χ0n) is 17.2. The molecule has 2 aliphatic rings. The molecule has 29 heavy (non-hydrogen) atoms. The Morgan fingerprint density at radius 1 is 1.03 bits per heavy atom. The lowest BCUT2D eigenvalue weighted by molar-refractivity contribution is -0.130. The van der Waals surface area contributed by atoms with E-state index in [-0.39, 0.29) is 11.9 Å². The molecule has 0 unspecified atom stereocenters. The van der Waals surface area contributed by atoms with Crippen LogP contribution in [-0.2, 0) is 22.4 Å². The van der Waals surface area contributed by atoms with Crippen LogP contribution in [0.5, 0.6) is 0 Å². The topological polar surface area (TPSA) is 68.3 Å². The molecule has 2 aromatic rings. The van der Waals surface area contributed by atoms with Crippen LogP contribution in [0.15, 0.2) is 24.3 Å². The first-order chi connectivity index (χ1) is 14.1. The Hall–Kier alpha value is -2.43. The van der Waals surface area contributed by atoms with Crippen molar-refractivity contribution in [1.82, 2.24) is 10.3 Å². The van der Waals surface area contributed by atoms with Crippen molar-refractivity contribution in [2.24, 2.45) is 0 Å². The van der Waals surface area contributed by atoms with Crippen molar-refractivity contribution in [3.63, 3.8) is 0 Å². The van der Waals surface area contributed by atoms with Gasteiger partial charge in [0.15, 0.2) is 6.10 Å². The molecule has 0 radical (unpaired) electrons. The number of hydrogen-bond donors (Lipinski definition) is 1. The molecule has 0 bridgehead atoms. The first-order valence-electron chi connectivity index (χ1n) is 11.1. The number of nitrogens with zero attached hydrogens (tertiary/aromatic N) is 1. The third-order valence-electron chi connectivity index (χ3n) is 6.23. The SMILES string of the molecule is C[C@H](OC(=O)c1c2c(nc3ccccc13)CCCCC2)C(=O)NC1CCCCC1. The average molecular weight is 395 g/mol. The van der Waals surface area contributed by atoms with Crippen molar-refractivity contribution in [3.05, 3.63) is 41.1 Å². The van der Waals surface area contributed by atoms with Gasteiger partial charge in [-0.3, -0.25) is 9.78 Å². The number of nitrogens with one attached hydrogen (secondary N) is 1. The summed E-state index contributed by atoms with van der Waals surface area (Å²) in [7, 11) is 0. The monoisotopic (exact) mass is 394 g/mol. The Balaban J connectivity index is 1.57.